The molecule has 5 rings (SSSR count). The summed E-state index contributed by atoms with van der Waals surface area (Å²) in [7, 11) is 0. The Hall–Kier alpha value is -4.07. The standard InChI is InChI=1S/C23H18N2O6/c26-21(14-5-6-17-18(11-14)31-10-9-30-17)19-20(15-3-1-7-24-12-15)25(23(28)22(19)27)13-16-4-2-8-29-16/h1-8,11-12,20,26H,9-10,13H2. The molecule has 1 fully saturated rings. The van der Waals surface area contributed by atoms with Crippen molar-refractivity contribution in [3.8, 4) is 11.5 Å². The third-order valence-electron chi connectivity index (χ3n) is 5.26. The van der Waals surface area contributed by atoms with Gasteiger partial charge in [-0.1, -0.05) is 6.07 Å². The summed E-state index contributed by atoms with van der Waals surface area (Å²) in [6.07, 6.45) is 4.67. The van der Waals surface area contributed by atoms with Crippen molar-refractivity contribution in [2.75, 3.05) is 13.2 Å². The van der Waals surface area contributed by atoms with E-state index in [1.54, 1.807) is 54.9 Å². The molecule has 0 bridgehead atoms. The van der Waals surface area contributed by atoms with E-state index in [4.69, 9.17) is 13.9 Å². The largest absolute Gasteiger partial charge is 0.507 e. The van der Waals surface area contributed by atoms with E-state index < -0.39 is 17.7 Å². The first-order valence-corrected chi connectivity index (χ1v) is 9.74. The van der Waals surface area contributed by atoms with Crippen LogP contribution >= 0.6 is 0 Å². The zero-order valence-corrected chi connectivity index (χ0v) is 16.4. The highest BCUT2D eigenvalue weighted by atomic mass is 16.6. The number of ketones is 1. The summed E-state index contributed by atoms with van der Waals surface area (Å²) in [5.74, 6) is -0.221. The molecule has 2 aliphatic rings. The van der Waals surface area contributed by atoms with Gasteiger partial charge in [0, 0.05) is 18.0 Å². The molecule has 0 aliphatic carbocycles. The van der Waals surface area contributed by atoms with Crippen molar-refractivity contribution >= 4 is 17.4 Å². The molecule has 0 saturated carbocycles. The number of aromatic nitrogens is 1. The molecule has 156 valence electrons. The van der Waals surface area contributed by atoms with Gasteiger partial charge in [-0.15, -0.1) is 0 Å². The number of carbonyl (C=O) groups excluding carboxylic acids is 2. The highest BCUT2D eigenvalue weighted by Crippen LogP contribution is 2.41. The molecule has 31 heavy (non-hydrogen) atoms. The molecule has 8 heteroatoms. The molecule has 3 aromatic rings. The number of benzene rings is 1. The maximum atomic E-state index is 13.0. The van der Waals surface area contributed by atoms with Crippen molar-refractivity contribution in [2.45, 2.75) is 12.6 Å². The Labute approximate surface area is 177 Å². The van der Waals surface area contributed by atoms with E-state index in [0.717, 1.165) is 0 Å². The molecule has 1 atom stereocenters. The van der Waals surface area contributed by atoms with Crippen LogP contribution in [0.25, 0.3) is 5.76 Å². The van der Waals surface area contributed by atoms with Crippen LogP contribution in [0.1, 0.15) is 22.9 Å². The van der Waals surface area contributed by atoms with Gasteiger partial charge in [-0.2, -0.15) is 0 Å². The lowest BCUT2D eigenvalue weighted by atomic mass is 9.96. The maximum Gasteiger partial charge on any atom is 0.296 e. The van der Waals surface area contributed by atoms with Crippen LogP contribution < -0.4 is 9.47 Å². The number of likely N-dealkylation sites (tertiary alicyclic amines) is 1. The number of furan rings is 1. The summed E-state index contributed by atoms with van der Waals surface area (Å²) in [6, 6.07) is 11.0. The second-order valence-corrected chi connectivity index (χ2v) is 7.15. The Morgan fingerprint density at radius 2 is 1.94 bits per heavy atom. The normalized spacial score (nSPS) is 19.6. The number of aliphatic hydroxyl groups excluding tert-OH is 1. The van der Waals surface area contributed by atoms with E-state index in [1.165, 1.54) is 11.2 Å². The van der Waals surface area contributed by atoms with Crippen molar-refractivity contribution in [2.24, 2.45) is 0 Å². The summed E-state index contributed by atoms with van der Waals surface area (Å²) in [6.45, 7) is 0.909. The number of Topliss-reactive ketones (excluding diaryl/α,β-unsaturated/α-hetero) is 1. The third-order valence-corrected chi connectivity index (χ3v) is 5.26. The number of nitrogens with zero attached hydrogens (tertiary/aromatic N) is 2. The molecule has 1 saturated heterocycles. The fraction of sp³-hybridized carbons (Fsp3) is 0.174. The molecule has 0 spiro atoms. The Balaban J connectivity index is 1.63. The average Bonchev–Trinajstić information content (AvgIpc) is 3.41. The molecule has 1 N–H and O–H groups in total. The van der Waals surface area contributed by atoms with Crippen LogP contribution in [0.15, 0.2) is 71.1 Å². The highest BCUT2D eigenvalue weighted by Gasteiger charge is 2.46. The van der Waals surface area contributed by atoms with Gasteiger partial charge in [-0.25, -0.2) is 0 Å². The first-order valence-electron chi connectivity index (χ1n) is 9.74. The van der Waals surface area contributed by atoms with Crippen molar-refractivity contribution in [1.82, 2.24) is 9.88 Å². The fourth-order valence-electron chi connectivity index (χ4n) is 3.84. The molecular weight excluding hydrogens is 400 g/mol. The molecule has 4 heterocycles. The van der Waals surface area contributed by atoms with Crippen molar-refractivity contribution < 1.29 is 28.6 Å². The first-order chi connectivity index (χ1) is 15.1. The summed E-state index contributed by atoms with van der Waals surface area (Å²) in [4.78, 5) is 31.4. The number of aliphatic hydroxyl groups is 1. The Morgan fingerprint density at radius 3 is 2.68 bits per heavy atom. The zero-order valence-electron chi connectivity index (χ0n) is 16.4. The minimum absolute atomic E-state index is 0.0127. The Bertz CT molecular complexity index is 1170. The summed E-state index contributed by atoms with van der Waals surface area (Å²) in [5, 5.41) is 11.1. The fourth-order valence-corrected chi connectivity index (χ4v) is 3.84. The van der Waals surface area contributed by atoms with Crippen LogP contribution in [0.2, 0.25) is 0 Å². The van der Waals surface area contributed by atoms with Gasteiger partial charge in [-0.3, -0.25) is 14.6 Å². The quantitative estimate of drug-likeness (QED) is 0.395. The first kappa shape index (κ1) is 18.9. The topological polar surface area (TPSA) is 102 Å². The van der Waals surface area contributed by atoms with E-state index in [9.17, 15) is 14.7 Å². The third kappa shape index (κ3) is 3.31. The van der Waals surface area contributed by atoms with Crippen LogP contribution in [0, 0.1) is 0 Å². The monoisotopic (exact) mass is 418 g/mol. The minimum atomic E-state index is -0.813. The second-order valence-electron chi connectivity index (χ2n) is 7.15. The van der Waals surface area contributed by atoms with Crippen LogP contribution in [0.4, 0.5) is 0 Å². The number of hydrogen-bond acceptors (Lipinski definition) is 7. The van der Waals surface area contributed by atoms with Gasteiger partial charge in [0.2, 0.25) is 0 Å². The number of pyridine rings is 1. The molecular formula is C23H18N2O6. The smallest absolute Gasteiger partial charge is 0.296 e. The number of amides is 1. The van der Waals surface area contributed by atoms with Crippen molar-refractivity contribution in [3.63, 3.8) is 0 Å². The predicted molar refractivity (Wildman–Crippen MR) is 108 cm³/mol. The molecule has 8 nitrogen and oxygen atoms in total. The Morgan fingerprint density at radius 1 is 1.10 bits per heavy atom. The predicted octanol–water partition coefficient (Wildman–Crippen LogP) is 3.07. The molecule has 1 unspecified atom stereocenters. The van der Waals surface area contributed by atoms with E-state index in [1.807, 2.05) is 0 Å². The molecule has 2 aromatic heterocycles. The van der Waals surface area contributed by atoms with Gasteiger partial charge in [0.15, 0.2) is 11.5 Å². The van der Waals surface area contributed by atoms with Crippen LogP contribution in [0.3, 0.4) is 0 Å². The number of ether oxygens (including phenoxy) is 2. The lowest BCUT2D eigenvalue weighted by Crippen LogP contribution is -2.29. The molecule has 2 aliphatic heterocycles. The van der Waals surface area contributed by atoms with Crippen molar-refractivity contribution in [3.05, 3.63) is 83.6 Å². The zero-order chi connectivity index (χ0) is 21.4. The summed E-state index contributed by atoms with van der Waals surface area (Å²) >= 11 is 0. The van der Waals surface area contributed by atoms with Crippen molar-refractivity contribution in [1.29, 1.82) is 0 Å². The molecule has 1 amide bonds. The van der Waals surface area contributed by atoms with Gasteiger partial charge >= 0.3 is 0 Å². The molecule has 0 radical (unpaired) electrons. The van der Waals surface area contributed by atoms with Gasteiger partial charge in [-0.05, 0) is 42.0 Å². The lowest BCUT2D eigenvalue weighted by Gasteiger charge is -2.24. The van der Waals surface area contributed by atoms with Gasteiger partial charge in [0.1, 0.15) is 24.7 Å². The highest BCUT2D eigenvalue weighted by molar-refractivity contribution is 6.46. The van der Waals surface area contributed by atoms with E-state index in [-0.39, 0.29) is 17.9 Å². The van der Waals surface area contributed by atoms with Gasteiger partial charge < -0.3 is 23.9 Å². The number of carbonyl (C=O) groups is 2. The minimum Gasteiger partial charge on any atom is -0.507 e. The van der Waals surface area contributed by atoms with Gasteiger partial charge in [0.05, 0.1) is 24.4 Å². The number of hydrogen-bond donors (Lipinski definition) is 1. The number of fused-ring (bicyclic) bond motifs is 1. The maximum absolute atomic E-state index is 13.0. The van der Waals surface area contributed by atoms with E-state index in [2.05, 4.69) is 4.98 Å². The summed E-state index contributed by atoms with van der Waals surface area (Å²) in [5.41, 5.74) is 0.947. The average molecular weight is 418 g/mol. The Kier molecular flexibility index (Phi) is 4.66. The van der Waals surface area contributed by atoms with Gasteiger partial charge in [0.25, 0.3) is 11.7 Å². The van der Waals surface area contributed by atoms with Crippen LogP contribution in [-0.2, 0) is 16.1 Å². The van der Waals surface area contributed by atoms with E-state index in [0.29, 0.717) is 41.6 Å². The lowest BCUT2D eigenvalue weighted by molar-refractivity contribution is -0.140. The second kappa shape index (κ2) is 7.64. The van der Waals surface area contributed by atoms with Crippen LogP contribution in [0.5, 0.6) is 11.5 Å². The molecule has 1 aromatic carbocycles. The summed E-state index contributed by atoms with van der Waals surface area (Å²) < 4.78 is 16.5. The number of rotatable bonds is 4. The van der Waals surface area contributed by atoms with E-state index >= 15 is 0 Å². The van der Waals surface area contributed by atoms with Crippen LogP contribution in [-0.4, -0.2) is 39.9 Å². The SMILES string of the molecule is O=C1C(=O)N(Cc2ccco2)C(c2cccnc2)C1=C(O)c1ccc2c(c1)OCCO2.